The molecule has 6 nitrogen and oxygen atoms in total. The van der Waals surface area contributed by atoms with Gasteiger partial charge in [0.2, 0.25) is 0 Å². The first-order valence-corrected chi connectivity index (χ1v) is 28.6. The predicted octanol–water partition coefficient (Wildman–Crippen LogP) is 19.0. The van der Waals surface area contributed by atoms with Crippen LogP contribution in [0.1, 0.15) is 297 Å². The van der Waals surface area contributed by atoms with Crippen LogP contribution in [-0.2, 0) is 28.6 Å². The number of allylic oxidation sites excluding steroid dienone is 8. The van der Waals surface area contributed by atoms with Gasteiger partial charge in [0.1, 0.15) is 13.2 Å². The highest BCUT2D eigenvalue weighted by Crippen LogP contribution is 2.17. The molecule has 0 rings (SSSR count). The van der Waals surface area contributed by atoms with Crippen LogP contribution in [0.4, 0.5) is 0 Å². The van der Waals surface area contributed by atoms with Crippen LogP contribution in [-0.4, -0.2) is 37.2 Å². The van der Waals surface area contributed by atoms with Crippen molar-refractivity contribution in [2.45, 2.75) is 303 Å². The standard InChI is InChI=1S/C60H108O6/c1-4-7-10-13-16-18-20-22-23-24-25-26-27-28-29-30-31-32-33-34-35-36-38-39-41-44-47-50-53-59(62)65-56-57(55-64-58(61)52-49-46-43-15-12-9-6-3)66-60(63)54-51-48-45-42-40-37-21-19-17-14-11-8-5-2/h8,11,17,19,37,40,45,48,57H,4-7,9-10,12-16,18,20-36,38-39,41-44,46-47,49-56H2,1-3H3/b11-8-,19-17-,40-37-,48-45-. The molecule has 0 heterocycles. The first kappa shape index (κ1) is 63.4. The molecule has 0 aliphatic heterocycles. The Morgan fingerprint density at radius 2 is 0.591 bits per heavy atom. The average Bonchev–Trinajstić information content (AvgIpc) is 3.31. The predicted molar refractivity (Wildman–Crippen MR) is 284 cm³/mol. The molecule has 0 saturated heterocycles. The minimum absolute atomic E-state index is 0.0984. The second kappa shape index (κ2) is 55.0. The molecule has 0 spiro atoms. The summed E-state index contributed by atoms with van der Waals surface area (Å²) in [6, 6.07) is 0. The van der Waals surface area contributed by atoms with E-state index >= 15 is 0 Å². The molecule has 0 aliphatic rings. The fraction of sp³-hybridized carbons (Fsp3) is 0.817. The van der Waals surface area contributed by atoms with Gasteiger partial charge in [-0.25, -0.2) is 0 Å². The molecule has 0 aromatic heterocycles. The van der Waals surface area contributed by atoms with Gasteiger partial charge in [-0.3, -0.25) is 14.4 Å². The Morgan fingerprint density at radius 1 is 0.318 bits per heavy atom. The molecular formula is C60H108O6. The van der Waals surface area contributed by atoms with Gasteiger partial charge in [0, 0.05) is 19.3 Å². The molecule has 1 unspecified atom stereocenters. The van der Waals surface area contributed by atoms with Gasteiger partial charge in [0.25, 0.3) is 0 Å². The maximum absolute atomic E-state index is 12.7. The van der Waals surface area contributed by atoms with Crippen molar-refractivity contribution in [1.29, 1.82) is 0 Å². The van der Waals surface area contributed by atoms with Gasteiger partial charge in [0.15, 0.2) is 6.10 Å². The highest BCUT2D eigenvalue weighted by Gasteiger charge is 2.19. The van der Waals surface area contributed by atoms with Crippen molar-refractivity contribution in [2.24, 2.45) is 0 Å². The third-order valence-corrected chi connectivity index (χ3v) is 12.6. The van der Waals surface area contributed by atoms with Crippen LogP contribution in [0.5, 0.6) is 0 Å². The second-order valence-electron chi connectivity index (χ2n) is 19.2. The molecule has 0 aliphatic carbocycles. The van der Waals surface area contributed by atoms with Crippen molar-refractivity contribution in [2.75, 3.05) is 13.2 Å². The number of rotatable bonds is 52. The molecule has 0 fully saturated rings. The number of carbonyl (C=O) groups is 3. The first-order valence-electron chi connectivity index (χ1n) is 28.6. The number of hydrogen-bond acceptors (Lipinski definition) is 6. The van der Waals surface area contributed by atoms with Crippen LogP contribution >= 0.6 is 0 Å². The van der Waals surface area contributed by atoms with Gasteiger partial charge >= 0.3 is 17.9 Å². The summed E-state index contributed by atoms with van der Waals surface area (Å²) in [5, 5.41) is 0. The van der Waals surface area contributed by atoms with Crippen LogP contribution in [0.25, 0.3) is 0 Å². The third-order valence-electron chi connectivity index (χ3n) is 12.6. The van der Waals surface area contributed by atoms with E-state index in [2.05, 4.69) is 57.2 Å². The lowest BCUT2D eigenvalue weighted by Crippen LogP contribution is -2.30. The van der Waals surface area contributed by atoms with Crippen molar-refractivity contribution in [3.05, 3.63) is 48.6 Å². The number of ether oxygens (including phenoxy) is 3. The highest BCUT2D eigenvalue weighted by molar-refractivity contribution is 5.71. The molecule has 1 atom stereocenters. The Kier molecular flexibility index (Phi) is 52.8. The molecule has 66 heavy (non-hydrogen) atoms. The fourth-order valence-electron chi connectivity index (χ4n) is 8.34. The Morgan fingerprint density at radius 3 is 0.894 bits per heavy atom. The van der Waals surface area contributed by atoms with E-state index < -0.39 is 6.10 Å². The van der Waals surface area contributed by atoms with E-state index in [1.54, 1.807) is 0 Å². The van der Waals surface area contributed by atoms with Crippen LogP contribution in [0.3, 0.4) is 0 Å². The number of esters is 3. The van der Waals surface area contributed by atoms with E-state index in [-0.39, 0.29) is 37.5 Å². The van der Waals surface area contributed by atoms with Gasteiger partial charge in [-0.05, 0) is 44.9 Å². The molecule has 0 radical (unpaired) electrons. The molecule has 0 saturated carbocycles. The van der Waals surface area contributed by atoms with Crippen molar-refractivity contribution in [3.8, 4) is 0 Å². The quantitative estimate of drug-likeness (QED) is 0.0262. The molecule has 0 bridgehead atoms. The van der Waals surface area contributed by atoms with E-state index in [0.29, 0.717) is 19.3 Å². The van der Waals surface area contributed by atoms with Gasteiger partial charge < -0.3 is 14.2 Å². The SMILES string of the molecule is CC/C=C\C/C=C\C/C=C\C/C=C\CCC(=O)OC(COC(=O)CCCCCCCCC)COC(=O)CCCCCCCCCCCCCCCCCCCCCCCCCCCCCC. The summed E-state index contributed by atoms with van der Waals surface area (Å²) in [6.07, 6.45) is 67.4. The van der Waals surface area contributed by atoms with Crippen molar-refractivity contribution >= 4 is 17.9 Å². The molecule has 0 amide bonds. The summed E-state index contributed by atoms with van der Waals surface area (Å²) in [5.41, 5.74) is 0. The minimum atomic E-state index is -0.805. The van der Waals surface area contributed by atoms with Crippen LogP contribution in [0.15, 0.2) is 48.6 Å². The van der Waals surface area contributed by atoms with Crippen molar-refractivity contribution in [3.63, 3.8) is 0 Å². The van der Waals surface area contributed by atoms with E-state index in [1.807, 2.05) is 12.2 Å². The number of carbonyl (C=O) groups excluding carboxylic acids is 3. The molecule has 6 heteroatoms. The summed E-state index contributed by atoms with van der Waals surface area (Å²) >= 11 is 0. The van der Waals surface area contributed by atoms with E-state index in [1.165, 1.54) is 186 Å². The summed E-state index contributed by atoms with van der Waals surface area (Å²) in [4.78, 5) is 37.8. The Bertz CT molecular complexity index is 1150. The average molecular weight is 926 g/mol. The maximum atomic E-state index is 12.7. The zero-order chi connectivity index (χ0) is 47.9. The molecule has 0 aromatic carbocycles. The Hall–Kier alpha value is -2.63. The van der Waals surface area contributed by atoms with Gasteiger partial charge in [0.05, 0.1) is 0 Å². The lowest BCUT2D eigenvalue weighted by Gasteiger charge is -2.18. The zero-order valence-corrected chi connectivity index (χ0v) is 44.0. The van der Waals surface area contributed by atoms with Crippen LogP contribution < -0.4 is 0 Å². The number of hydrogen-bond donors (Lipinski definition) is 0. The van der Waals surface area contributed by atoms with E-state index in [0.717, 1.165) is 64.2 Å². The highest BCUT2D eigenvalue weighted by atomic mass is 16.6. The lowest BCUT2D eigenvalue weighted by atomic mass is 10.0. The zero-order valence-electron chi connectivity index (χ0n) is 44.0. The molecule has 0 aromatic rings. The Balaban J connectivity index is 4.05. The van der Waals surface area contributed by atoms with Crippen LogP contribution in [0.2, 0.25) is 0 Å². The largest absolute Gasteiger partial charge is 0.462 e. The normalized spacial score (nSPS) is 12.3. The molecule has 384 valence electrons. The van der Waals surface area contributed by atoms with E-state index in [4.69, 9.17) is 14.2 Å². The summed E-state index contributed by atoms with van der Waals surface area (Å²) in [7, 11) is 0. The first-order chi connectivity index (χ1) is 32.5. The number of unbranched alkanes of at least 4 members (excludes halogenated alkanes) is 33. The van der Waals surface area contributed by atoms with Gasteiger partial charge in [-0.15, -0.1) is 0 Å². The third kappa shape index (κ3) is 52.3. The minimum Gasteiger partial charge on any atom is -0.462 e. The Labute approximate surface area is 409 Å². The smallest absolute Gasteiger partial charge is 0.306 e. The van der Waals surface area contributed by atoms with E-state index in [9.17, 15) is 14.4 Å². The molecule has 0 N–H and O–H groups in total. The maximum Gasteiger partial charge on any atom is 0.306 e. The summed E-state index contributed by atoms with van der Waals surface area (Å²) < 4.78 is 16.7. The topological polar surface area (TPSA) is 78.9 Å². The molecular weight excluding hydrogens is 817 g/mol. The fourth-order valence-corrected chi connectivity index (χ4v) is 8.34. The van der Waals surface area contributed by atoms with Crippen molar-refractivity contribution < 1.29 is 28.6 Å². The van der Waals surface area contributed by atoms with Crippen LogP contribution in [0, 0.1) is 0 Å². The monoisotopic (exact) mass is 925 g/mol. The summed E-state index contributed by atoms with van der Waals surface area (Å²) in [5.74, 6) is -0.978. The van der Waals surface area contributed by atoms with Gasteiger partial charge in [-0.1, -0.05) is 281 Å². The lowest BCUT2D eigenvalue weighted by molar-refractivity contribution is -0.166. The van der Waals surface area contributed by atoms with Gasteiger partial charge in [-0.2, -0.15) is 0 Å². The summed E-state index contributed by atoms with van der Waals surface area (Å²) in [6.45, 7) is 6.44. The van der Waals surface area contributed by atoms with Crippen molar-refractivity contribution in [1.82, 2.24) is 0 Å². The second-order valence-corrected chi connectivity index (χ2v) is 19.2.